The van der Waals surface area contributed by atoms with Gasteiger partial charge in [-0.05, 0) is 44.5 Å². The molecule has 5 nitrogen and oxygen atoms in total. The zero-order valence-electron chi connectivity index (χ0n) is 11.6. The fourth-order valence-corrected chi connectivity index (χ4v) is 3.73. The van der Waals surface area contributed by atoms with Crippen LogP contribution in [-0.4, -0.2) is 60.1 Å². The molecule has 1 unspecified atom stereocenters. The highest BCUT2D eigenvalue weighted by molar-refractivity contribution is 5.92. The van der Waals surface area contributed by atoms with Crippen LogP contribution in [0.25, 0.3) is 0 Å². The molecule has 20 heavy (non-hydrogen) atoms. The van der Waals surface area contributed by atoms with E-state index in [-0.39, 0.29) is 11.5 Å². The quantitative estimate of drug-likeness (QED) is 0.818. The Hall–Kier alpha value is -1.33. The molecule has 0 radical (unpaired) electrons. The van der Waals surface area contributed by atoms with Crippen LogP contribution in [0, 0.1) is 0 Å². The van der Waals surface area contributed by atoms with Gasteiger partial charge in [0.1, 0.15) is 5.60 Å². The molecule has 1 amide bonds. The molecule has 0 bridgehead atoms. The van der Waals surface area contributed by atoms with Gasteiger partial charge in [-0.15, -0.1) is 0 Å². The summed E-state index contributed by atoms with van der Waals surface area (Å²) in [7, 11) is 0. The van der Waals surface area contributed by atoms with Crippen LogP contribution in [0.1, 0.15) is 29.8 Å². The molecular formula is C15H20N2O3. The number of hydrogen-bond donors (Lipinski definition) is 0. The van der Waals surface area contributed by atoms with Gasteiger partial charge in [-0.1, -0.05) is 0 Å². The predicted octanol–water partition coefficient (Wildman–Crippen LogP) is 1.36. The SMILES string of the molecule is O=C(c1ccco1)N1CC2(CC(N3CCCC3)CO2)C1. The summed E-state index contributed by atoms with van der Waals surface area (Å²) in [6.45, 7) is 4.65. The van der Waals surface area contributed by atoms with E-state index in [0.717, 1.165) is 13.0 Å². The number of hydrogen-bond acceptors (Lipinski definition) is 4. The third-order valence-electron chi connectivity index (χ3n) is 4.82. The van der Waals surface area contributed by atoms with Gasteiger partial charge in [0, 0.05) is 6.04 Å². The Labute approximate surface area is 118 Å². The van der Waals surface area contributed by atoms with Crippen molar-refractivity contribution in [3.05, 3.63) is 24.2 Å². The van der Waals surface area contributed by atoms with Crippen LogP contribution >= 0.6 is 0 Å². The molecule has 1 aromatic heterocycles. The minimum absolute atomic E-state index is 0.0196. The number of likely N-dealkylation sites (tertiary alicyclic amines) is 2. The average Bonchev–Trinajstić information content (AvgIpc) is 3.14. The maximum atomic E-state index is 12.1. The lowest BCUT2D eigenvalue weighted by Crippen LogP contribution is -2.63. The van der Waals surface area contributed by atoms with Gasteiger partial charge in [0.15, 0.2) is 5.76 Å². The highest BCUT2D eigenvalue weighted by atomic mass is 16.5. The van der Waals surface area contributed by atoms with Gasteiger partial charge in [0.2, 0.25) is 0 Å². The molecule has 1 atom stereocenters. The molecule has 0 N–H and O–H groups in total. The molecule has 0 saturated carbocycles. The lowest BCUT2D eigenvalue weighted by molar-refractivity contribution is -0.0957. The van der Waals surface area contributed by atoms with Crippen LogP contribution in [0.3, 0.4) is 0 Å². The number of nitrogens with zero attached hydrogens (tertiary/aromatic N) is 2. The first kappa shape index (κ1) is 12.4. The second kappa shape index (κ2) is 4.60. The summed E-state index contributed by atoms with van der Waals surface area (Å²) in [5.41, 5.74) is -0.0878. The number of amides is 1. The first-order valence-electron chi connectivity index (χ1n) is 7.47. The molecule has 0 aromatic carbocycles. The minimum atomic E-state index is -0.0878. The maximum absolute atomic E-state index is 12.1. The summed E-state index contributed by atoms with van der Waals surface area (Å²) in [5, 5.41) is 0. The molecule has 4 rings (SSSR count). The molecule has 108 valence electrons. The molecule has 1 spiro atoms. The predicted molar refractivity (Wildman–Crippen MR) is 72.5 cm³/mol. The summed E-state index contributed by atoms with van der Waals surface area (Å²) in [5.74, 6) is 0.405. The van der Waals surface area contributed by atoms with E-state index >= 15 is 0 Å². The van der Waals surface area contributed by atoms with E-state index < -0.39 is 0 Å². The zero-order chi connectivity index (χ0) is 13.6. The molecule has 3 fully saturated rings. The largest absolute Gasteiger partial charge is 0.459 e. The van der Waals surface area contributed by atoms with Crippen molar-refractivity contribution in [2.45, 2.75) is 30.9 Å². The number of carbonyl (C=O) groups is 1. The van der Waals surface area contributed by atoms with E-state index in [9.17, 15) is 4.79 Å². The molecule has 3 aliphatic heterocycles. The van der Waals surface area contributed by atoms with Gasteiger partial charge in [-0.3, -0.25) is 9.69 Å². The molecule has 5 heteroatoms. The fraction of sp³-hybridized carbons (Fsp3) is 0.667. The van der Waals surface area contributed by atoms with E-state index in [1.807, 2.05) is 4.90 Å². The Balaban J connectivity index is 1.35. The van der Waals surface area contributed by atoms with Gasteiger partial charge >= 0.3 is 0 Å². The first-order valence-corrected chi connectivity index (χ1v) is 7.47. The number of furan rings is 1. The van der Waals surface area contributed by atoms with Crippen molar-refractivity contribution in [1.82, 2.24) is 9.80 Å². The Morgan fingerprint density at radius 1 is 1.30 bits per heavy atom. The van der Waals surface area contributed by atoms with E-state index in [1.165, 1.54) is 32.2 Å². The third kappa shape index (κ3) is 1.96. The third-order valence-corrected chi connectivity index (χ3v) is 4.82. The van der Waals surface area contributed by atoms with Crippen molar-refractivity contribution in [2.24, 2.45) is 0 Å². The zero-order valence-corrected chi connectivity index (χ0v) is 11.6. The standard InChI is InChI=1S/C15H20N2O3/c18-14(13-4-3-7-19-13)17-10-15(11-17)8-12(9-20-15)16-5-1-2-6-16/h3-4,7,12H,1-2,5-6,8-11H2. The van der Waals surface area contributed by atoms with Crippen LogP contribution < -0.4 is 0 Å². The summed E-state index contributed by atoms with van der Waals surface area (Å²) in [6.07, 6.45) is 5.23. The van der Waals surface area contributed by atoms with Gasteiger partial charge in [-0.2, -0.15) is 0 Å². The molecule has 0 aliphatic carbocycles. The Morgan fingerprint density at radius 3 is 2.80 bits per heavy atom. The van der Waals surface area contributed by atoms with Gasteiger partial charge in [-0.25, -0.2) is 0 Å². The van der Waals surface area contributed by atoms with E-state index in [4.69, 9.17) is 9.15 Å². The van der Waals surface area contributed by atoms with Crippen LogP contribution in [-0.2, 0) is 4.74 Å². The molecule has 3 saturated heterocycles. The number of ether oxygens (including phenoxy) is 1. The van der Waals surface area contributed by atoms with Crippen molar-refractivity contribution in [3.8, 4) is 0 Å². The van der Waals surface area contributed by atoms with Crippen LogP contribution in [0.4, 0.5) is 0 Å². The van der Waals surface area contributed by atoms with Crippen molar-refractivity contribution in [2.75, 3.05) is 32.8 Å². The summed E-state index contributed by atoms with van der Waals surface area (Å²) in [6, 6.07) is 4.02. The highest BCUT2D eigenvalue weighted by Gasteiger charge is 2.52. The van der Waals surface area contributed by atoms with Gasteiger partial charge in [0.05, 0.1) is 26.0 Å². The molecule has 1 aromatic rings. The van der Waals surface area contributed by atoms with Crippen molar-refractivity contribution < 1.29 is 13.9 Å². The molecule has 4 heterocycles. The van der Waals surface area contributed by atoms with Crippen molar-refractivity contribution >= 4 is 5.91 Å². The molecule has 3 aliphatic rings. The average molecular weight is 276 g/mol. The molecular weight excluding hydrogens is 256 g/mol. The lowest BCUT2D eigenvalue weighted by Gasteiger charge is -2.46. The van der Waals surface area contributed by atoms with Crippen LogP contribution in [0.5, 0.6) is 0 Å². The Kier molecular flexibility index (Phi) is 2.86. The highest BCUT2D eigenvalue weighted by Crippen LogP contribution is 2.38. The second-order valence-corrected chi connectivity index (χ2v) is 6.23. The van der Waals surface area contributed by atoms with Crippen molar-refractivity contribution in [3.63, 3.8) is 0 Å². The van der Waals surface area contributed by atoms with Gasteiger partial charge < -0.3 is 14.1 Å². The van der Waals surface area contributed by atoms with E-state index in [0.29, 0.717) is 24.9 Å². The summed E-state index contributed by atoms with van der Waals surface area (Å²) >= 11 is 0. The number of rotatable bonds is 2. The fourth-order valence-electron chi connectivity index (χ4n) is 3.73. The minimum Gasteiger partial charge on any atom is -0.459 e. The topological polar surface area (TPSA) is 45.9 Å². The maximum Gasteiger partial charge on any atom is 0.289 e. The second-order valence-electron chi connectivity index (χ2n) is 6.23. The first-order chi connectivity index (χ1) is 9.76. The number of carbonyl (C=O) groups excluding carboxylic acids is 1. The van der Waals surface area contributed by atoms with Crippen molar-refractivity contribution in [1.29, 1.82) is 0 Å². The van der Waals surface area contributed by atoms with Crippen LogP contribution in [0.15, 0.2) is 22.8 Å². The lowest BCUT2D eigenvalue weighted by atomic mass is 9.89. The monoisotopic (exact) mass is 276 g/mol. The van der Waals surface area contributed by atoms with E-state index in [2.05, 4.69) is 4.90 Å². The van der Waals surface area contributed by atoms with E-state index in [1.54, 1.807) is 12.1 Å². The Bertz CT molecular complexity index is 487. The van der Waals surface area contributed by atoms with Gasteiger partial charge in [0.25, 0.3) is 5.91 Å². The van der Waals surface area contributed by atoms with Crippen LogP contribution in [0.2, 0.25) is 0 Å². The normalized spacial score (nSPS) is 29.0. The summed E-state index contributed by atoms with van der Waals surface area (Å²) in [4.78, 5) is 16.5. The smallest absolute Gasteiger partial charge is 0.289 e. The Morgan fingerprint density at radius 2 is 2.10 bits per heavy atom. The summed E-state index contributed by atoms with van der Waals surface area (Å²) < 4.78 is 11.2.